The maximum Gasteiger partial charge on any atom is 0.335 e. The lowest BCUT2D eigenvalue weighted by Gasteiger charge is -2.21. The summed E-state index contributed by atoms with van der Waals surface area (Å²) in [5, 5.41) is 8.67. The molecule has 0 spiro atoms. The Hall–Kier alpha value is -2.90. The van der Waals surface area contributed by atoms with Crippen molar-refractivity contribution in [2.75, 3.05) is 26.3 Å². The smallest absolute Gasteiger partial charge is 0.335 e. The number of amides is 1. The lowest BCUT2D eigenvalue weighted by atomic mass is 9.98. The van der Waals surface area contributed by atoms with E-state index < -0.39 is 5.97 Å². The van der Waals surface area contributed by atoms with Crippen molar-refractivity contribution >= 4 is 23.8 Å². The number of aromatic carboxylic acids is 1. The fraction of sp³-hybridized carbons (Fsp3) is 0.688. The third kappa shape index (κ3) is 17.6. The molecule has 8 heteroatoms. The maximum absolute atomic E-state index is 11.5. The van der Waals surface area contributed by atoms with E-state index in [0.29, 0.717) is 37.5 Å². The van der Waals surface area contributed by atoms with Gasteiger partial charge in [-0.3, -0.25) is 14.4 Å². The fourth-order valence-corrected chi connectivity index (χ4v) is 3.20. The highest BCUT2D eigenvalue weighted by Gasteiger charge is 2.15. The zero-order valence-electron chi connectivity index (χ0n) is 26.5. The van der Waals surface area contributed by atoms with Crippen LogP contribution in [0.15, 0.2) is 24.3 Å². The van der Waals surface area contributed by atoms with E-state index in [2.05, 4.69) is 13.8 Å². The predicted molar refractivity (Wildman–Crippen MR) is 160 cm³/mol. The van der Waals surface area contributed by atoms with Crippen LogP contribution in [-0.2, 0) is 23.9 Å². The van der Waals surface area contributed by atoms with Gasteiger partial charge in [0.25, 0.3) is 0 Å². The normalized spacial score (nSPS) is 12.3. The highest BCUT2D eigenvalue weighted by Crippen LogP contribution is 2.18. The van der Waals surface area contributed by atoms with Crippen molar-refractivity contribution in [3.05, 3.63) is 35.4 Å². The zero-order valence-corrected chi connectivity index (χ0v) is 26.5. The number of rotatable bonds is 15. The quantitative estimate of drug-likeness (QED) is 0.178. The molecule has 0 bridgehead atoms. The summed E-state index contributed by atoms with van der Waals surface area (Å²) in [5.74, 6) is -0.358. The number of carboxylic acids is 1. The summed E-state index contributed by atoms with van der Waals surface area (Å²) in [4.78, 5) is 46.2. The van der Waals surface area contributed by atoms with Crippen molar-refractivity contribution in [1.29, 1.82) is 0 Å². The van der Waals surface area contributed by atoms with Crippen LogP contribution in [0.4, 0.5) is 0 Å². The summed E-state index contributed by atoms with van der Waals surface area (Å²) in [6.07, 6.45) is 4.46. The average molecular weight is 566 g/mol. The molecule has 1 amide bonds. The van der Waals surface area contributed by atoms with Gasteiger partial charge in [-0.1, -0.05) is 60.6 Å². The molecule has 1 N–H and O–H groups in total. The van der Waals surface area contributed by atoms with Gasteiger partial charge in [-0.05, 0) is 69.6 Å². The Morgan fingerprint density at radius 3 is 1.75 bits per heavy atom. The number of carboxylic acid groups (broad SMARTS) is 1. The van der Waals surface area contributed by atoms with Crippen LogP contribution in [0.2, 0.25) is 0 Å². The number of hydrogen-bond acceptors (Lipinski definition) is 6. The molecule has 0 radical (unpaired) electrons. The van der Waals surface area contributed by atoms with Gasteiger partial charge >= 0.3 is 17.9 Å². The molecule has 0 saturated carbocycles. The third-order valence-electron chi connectivity index (χ3n) is 6.70. The Balaban J connectivity index is 0. The van der Waals surface area contributed by atoms with Gasteiger partial charge in [0.2, 0.25) is 5.91 Å². The first-order chi connectivity index (χ1) is 18.9. The van der Waals surface area contributed by atoms with Crippen molar-refractivity contribution in [2.24, 2.45) is 11.8 Å². The van der Waals surface area contributed by atoms with E-state index in [0.717, 1.165) is 38.8 Å². The standard InChI is InChI=1S/C12H22O4.C11H14O2.C9H19NO/c1-4-8-15-11(13)7-6-9-16-12(14)10(3)5-2;1-3-8(2)9-4-6-10(7-5-9)11(12)13;1-5-8(4)9(11)10(6-2)7-3/h10H,4-9H2,1-3H3;4-8H,3H2,1-2H3,(H,12,13);8H,5-7H2,1-4H3. The van der Waals surface area contributed by atoms with Crippen LogP contribution in [0.5, 0.6) is 0 Å². The molecule has 1 aromatic carbocycles. The van der Waals surface area contributed by atoms with E-state index in [9.17, 15) is 19.2 Å². The Kier molecular flexibility index (Phi) is 23.5. The zero-order chi connectivity index (χ0) is 31.1. The SMILES string of the molecule is CCC(C)C(=O)N(CC)CC.CCC(C)c1ccc(C(=O)O)cc1.CCCOC(=O)CCCOC(=O)C(C)CC. The van der Waals surface area contributed by atoms with Gasteiger partial charge in [-0.25, -0.2) is 4.79 Å². The molecule has 0 saturated heterocycles. The van der Waals surface area contributed by atoms with Crippen LogP contribution >= 0.6 is 0 Å². The second-order valence-electron chi connectivity index (χ2n) is 9.86. The van der Waals surface area contributed by atoms with Crippen LogP contribution < -0.4 is 0 Å². The molecule has 0 fully saturated rings. The van der Waals surface area contributed by atoms with Crippen LogP contribution in [0, 0.1) is 11.8 Å². The molecule has 8 nitrogen and oxygen atoms in total. The molecule has 40 heavy (non-hydrogen) atoms. The summed E-state index contributed by atoms with van der Waals surface area (Å²) >= 11 is 0. The number of hydrogen-bond donors (Lipinski definition) is 1. The van der Waals surface area contributed by atoms with Crippen LogP contribution in [0.25, 0.3) is 0 Å². The molecule has 1 aromatic rings. The molecular weight excluding hydrogens is 510 g/mol. The average Bonchev–Trinajstić information content (AvgIpc) is 2.97. The Labute approximate surface area is 242 Å². The van der Waals surface area contributed by atoms with Gasteiger partial charge in [0.15, 0.2) is 0 Å². The van der Waals surface area contributed by atoms with Crippen molar-refractivity contribution in [2.45, 2.75) is 107 Å². The molecule has 3 unspecified atom stereocenters. The molecule has 0 aliphatic carbocycles. The van der Waals surface area contributed by atoms with Gasteiger partial charge in [0.1, 0.15) is 0 Å². The molecule has 3 atom stereocenters. The summed E-state index contributed by atoms with van der Waals surface area (Å²) in [6, 6.07) is 7.09. The molecule has 1 rings (SSSR count). The van der Waals surface area contributed by atoms with Gasteiger partial charge in [0, 0.05) is 25.4 Å². The second-order valence-corrected chi connectivity index (χ2v) is 9.86. The maximum atomic E-state index is 11.5. The highest BCUT2D eigenvalue weighted by molar-refractivity contribution is 5.87. The number of esters is 2. The summed E-state index contributed by atoms with van der Waals surface area (Å²) < 4.78 is 9.89. The molecule has 0 aliphatic heterocycles. The van der Waals surface area contributed by atoms with Gasteiger partial charge < -0.3 is 19.5 Å². The predicted octanol–water partition coefficient (Wildman–Crippen LogP) is 7.11. The summed E-state index contributed by atoms with van der Waals surface area (Å²) in [6.45, 7) is 20.5. The molecular formula is C32H55NO7. The minimum absolute atomic E-state index is 0.0629. The van der Waals surface area contributed by atoms with E-state index in [1.54, 1.807) is 12.1 Å². The fourth-order valence-electron chi connectivity index (χ4n) is 3.20. The Bertz CT molecular complexity index is 834. The lowest BCUT2D eigenvalue weighted by Crippen LogP contribution is -2.34. The Morgan fingerprint density at radius 2 is 1.32 bits per heavy atom. The summed E-state index contributed by atoms with van der Waals surface area (Å²) in [5.41, 5.74) is 1.56. The van der Waals surface area contributed by atoms with Crippen LogP contribution in [0.3, 0.4) is 0 Å². The van der Waals surface area contributed by atoms with E-state index in [1.807, 2.05) is 65.5 Å². The minimum Gasteiger partial charge on any atom is -0.478 e. The van der Waals surface area contributed by atoms with Gasteiger partial charge in [-0.15, -0.1) is 0 Å². The number of ether oxygens (including phenoxy) is 2. The monoisotopic (exact) mass is 565 g/mol. The van der Waals surface area contributed by atoms with Gasteiger partial charge in [-0.2, -0.15) is 0 Å². The number of nitrogens with zero attached hydrogens (tertiary/aromatic N) is 1. The van der Waals surface area contributed by atoms with Crippen LogP contribution in [0.1, 0.15) is 123 Å². The van der Waals surface area contributed by atoms with Crippen molar-refractivity contribution in [1.82, 2.24) is 4.90 Å². The largest absolute Gasteiger partial charge is 0.478 e. The highest BCUT2D eigenvalue weighted by atomic mass is 16.5. The van der Waals surface area contributed by atoms with E-state index in [1.165, 1.54) is 5.56 Å². The second kappa shape index (κ2) is 23.9. The Morgan fingerprint density at radius 1 is 0.775 bits per heavy atom. The summed E-state index contributed by atoms with van der Waals surface area (Å²) in [7, 11) is 0. The molecule has 0 aromatic heterocycles. The first-order valence-corrected chi connectivity index (χ1v) is 14.9. The molecule has 0 aliphatic rings. The first kappa shape index (κ1) is 39.2. The first-order valence-electron chi connectivity index (χ1n) is 14.9. The number of carbonyl (C=O) groups is 4. The van der Waals surface area contributed by atoms with Crippen molar-refractivity contribution in [3.63, 3.8) is 0 Å². The third-order valence-corrected chi connectivity index (χ3v) is 6.70. The molecule has 0 heterocycles. The van der Waals surface area contributed by atoms with Crippen molar-refractivity contribution in [3.8, 4) is 0 Å². The minimum atomic E-state index is -0.865. The van der Waals surface area contributed by atoms with E-state index >= 15 is 0 Å². The molecule has 230 valence electrons. The number of benzene rings is 1. The van der Waals surface area contributed by atoms with Gasteiger partial charge in [0.05, 0.1) is 24.7 Å². The van der Waals surface area contributed by atoms with Crippen molar-refractivity contribution < 1.29 is 33.8 Å². The van der Waals surface area contributed by atoms with Crippen LogP contribution in [-0.4, -0.2) is 60.1 Å². The van der Waals surface area contributed by atoms with E-state index in [4.69, 9.17) is 14.6 Å². The topological polar surface area (TPSA) is 110 Å². The number of carbonyl (C=O) groups excluding carboxylic acids is 3. The lowest BCUT2D eigenvalue weighted by molar-refractivity contribution is -0.150. The van der Waals surface area contributed by atoms with E-state index in [-0.39, 0.29) is 29.7 Å².